The number of hydrogen-bond acceptors (Lipinski definition) is 4. The number of piperidine rings is 1. The maximum atomic E-state index is 11.5. The second-order valence-electron chi connectivity index (χ2n) is 4.16. The molecule has 1 rings (SSSR count). The molecule has 17 heavy (non-hydrogen) atoms. The van der Waals surface area contributed by atoms with Gasteiger partial charge in [0.25, 0.3) is 0 Å². The predicted octanol–water partition coefficient (Wildman–Crippen LogP) is -0.158. The summed E-state index contributed by atoms with van der Waals surface area (Å²) in [4.78, 5) is 13.8. The van der Waals surface area contributed by atoms with Crippen molar-refractivity contribution in [1.82, 2.24) is 10.2 Å². The number of carbonyl (C=O) groups is 1. The molecule has 0 spiro atoms. The molecule has 1 fully saturated rings. The maximum Gasteiger partial charge on any atom is 0.224 e. The minimum atomic E-state index is 0. The number of hydrogen-bond donors (Lipinski definition) is 2. The molecule has 3 N–H and O–H groups in total. The fourth-order valence-electron chi connectivity index (χ4n) is 2.06. The summed E-state index contributed by atoms with van der Waals surface area (Å²) in [6.07, 6.45) is 2.09. The minimum absolute atomic E-state index is 0. The van der Waals surface area contributed by atoms with E-state index in [0.717, 1.165) is 32.5 Å². The second-order valence-corrected chi connectivity index (χ2v) is 4.16. The first-order valence-electron chi connectivity index (χ1n) is 5.99. The van der Waals surface area contributed by atoms with E-state index < -0.39 is 0 Å². The summed E-state index contributed by atoms with van der Waals surface area (Å²) in [6, 6.07) is 0. The van der Waals surface area contributed by atoms with E-state index in [1.54, 1.807) is 7.05 Å². The largest absolute Gasteiger partial charge is 0.379 e. The number of nitrogens with one attached hydrogen (secondary N) is 1. The molecule has 1 saturated heterocycles. The summed E-state index contributed by atoms with van der Waals surface area (Å²) < 4.78 is 5.34. The van der Waals surface area contributed by atoms with Gasteiger partial charge in [-0.15, -0.1) is 12.4 Å². The Bertz CT molecular complexity index is 217. The fraction of sp³-hybridized carbons (Fsp3) is 0.909. The van der Waals surface area contributed by atoms with Gasteiger partial charge in [-0.25, -0.2) is 0 Å². The number of ether oxygens (including phenoxy) is 1. The standard InChI is InChI=1S/C11H23N3O2.ClH/c1-13-11(15)10-3-2-5-14(9-10)6-8-16-7-4-12;/h10H,2-9,12H2,1H3,(H,13,15);1H. The zero-order chi connectivity index (χ0) is 11.8. The molecule has 1 amide bonds. The minimum Gasteiger partial charge on any atom is -0.379 e. The van der Waals surface area contributed by atoms with E-state index in [0.29, 0.717) is 19.8 Å². The Morgan fingerprint density at radius 2 is 2.29 bits per heavy atom. The predicted molar refractivity (Wildman–Crippen MR) is 70.4 cm³/mol. The Hall–Kier alpha value is -0.360. The van der Waals surface area contributed by atoms with Gasteiger partial charge in [-0.3, -0.25) is 4.79 Å². The number of nitrogens with zero attached hydrogens (tertiary/aromatic N) is 1. The Labute approximate surface area is 109 Å². The lowest BCUT2D eigenvalue weighted by Gasteiger charge is -2.31. The molecule has 6 heteroatoms. The van der Waals surface area contributed by atoms with Crippen molar-refractivity contribution < 1.29 is 9.53 Å². The smallest absolute Gasteiger partial charge is 0.224 e. The van der Waals surface area contributed by atoms with Crippen LogP contribution >= 0.6 is 12.4 Å². The highest BCUT2D eigenvalue weighted by Crippen LogP contribution is 2.15. The molecule has 0 bridgehead atoms. The molecule has 1 unspecified atom stereocenters. The SMILES string of the molecule is CNC(=O)C1CCCN(CCOCCN)C1.Cl. The average Bonchev–Trinajstić information content (AvgIpc) is 2.34. The second kappa shape index (κ2) is 9.65. The number of carbonyl (C=O) groups excluding carboxylic acids is 1. The van der Waals surface area contributed by atoms with E-state index in [9.17, 15) is 4.79 Å². The highest BCUT2D eigenvalue weighted by molar-refractivity contribution is 5.85. The molecule has 1 atom stereocenters. The van der Waals surface area contributed by atoms with E-state index in [1.165, 1.54) is 0 Å². The van der Waals surface area contributed by atoms with E-state index in [4.69, 9.17) is 10.5 Å². The molecular formula is C11H24ClN3O2. The first-order valence-corrected chi connectivity index (χ1v) is 5.99. The van der Waals surface area contributed by atoms with Crippen LogP contribution in [0, 0.1) is 5.92 Å². The van der Waals surface area contributed by atoms with Gasteiger partial charge in [-0.2, -0.15) is 0 Å². The van der Waals surface area contributed by atoms with Crippen LogP contribution in [-0.4, -0.2) is 57.2 Å². The summed E-state index contributed by atoms with van der Waals surface area (Å²) in [5.74, 6) is 0.306. The van der Waals surface area contributed by atoms with Crippen LogP contribution in [-0.2, 0) is 9.53 Å². The summed E-state index contributed by atoms with van der Waals surface area (Å²) in [7, 11) is 1.70. The molecule has 0 aromatic carbocycles. The Morgan fingerprint density at radius 3 is 2.94 bits per heavy atom. The molecule has 1 aliphatic rings. The highest BCUT2D eigenvalue weighted by atomic mass is 35.5. The lowest BCUT2D eigenvalue weighted by molar-refractivity contribution is -0.126. The van der Waals surface area contributed by atoms with Crippen LogP contribution in [0.1, 0.15) is 12.8 Å². The molecule has 1 aliphatic heterocycles. The van der Waals surface area contributed by atoms with Crippen LogP contribution in [0.5, 0.6) is 0 Å². The third kappa shape index (κ3) is 6.21. The van der Waals surface area contributed by atoms with Crippen molar-refractivity contribution in [3.8, 4) is 0 Å². The van der Waals surface area contributed by atoms with Gasteiger partial charge in [0.05, 0.1) is 19.1 Å². The van der Waals surface area contributed by atoms with E-state index in [1.807, 2.05) is 0 Å². The topological polar surface area (TPSA) is 67.6 Å². The number of rotatable bonds is 6. The first-order chi connectivity index (χ1) is 7.77. The Balaban J connectivity index is 0.00000256. The summed E-state index contributed by atoms with van der Waals surface area (Å²) in [5.41, 5.74) is 5.34. The Kier molecular flexibility index (Phi) is 9.44. The quantitative estimate of drug-likeness (QED) is 0.655. The van der Waals surface area contributed by atoms with E-state index in [2.05, 4.69) is 10.2 Å². The maximum absolute atomic E-state index is 11.5. The lowest BCUT2D eigenvalue weighted by Crippen LogP contribution is -2.43. The van der Waals surface area contributed by atoms with Gasteiger partial charge in [0, 0.05) is 26.7 Å². The number of likely N-dealkylation sites (tertiary alicyclic amines) is 1. The van der Waals surface area contributed by atoms with Gasteiger partial charge >= 0.3 is 0 Å². The zero-order valence-electron chi connectivity index (χ0n) is 10.5. The Morgan fingerprint density at radius 1 is 1.53 bits per heavy atom. The van der Waals surface area contributed by atoms with Gasteiger partial charge in [0.1, 0.15) is 0 Å². The number of nitrogens with two attached hydrogens (primary N) is 1. The summed E-state index contributed by atoms with van der Waals surface area (Å²) >= 11 is 0. The van der Waals surface area contributed by atoms with Crippen molar-refractivity contribution in [2.75, 3.05) is 46.4 Å². The highest BCUT2D eigenvalue weighted by Gasteiger charge is 2.24. The molecule has 0 aromatic heterocycles. The number of halogens is 1. The molecule has 0 aromatic rings. The van der Waals surface area contributed by atoms with Crippen LogP contribution < -0.4 is 11.1 Å². The van der Waals surface area contributed by atoms with Gasteiger partial charge in [-0.05, 0) is 19.4 Å². The lowest BCUT2D eigenvalue weighted by atomic mass is 9.97. The molecule has 1 heterocycles. The van der Waals surface area contributed by atoms with Gasteiger partial charge in [0.15, 0.2) is 0 Å². The summed E-state index contributed by atoms with van der Waals surface area (Å²) in [6.45, 7) is 4.71. The number of amides is 1. The molecule has 0 saturated carbocycles. The van der Waals surface area contributed by atoms with Crippen molar-refractivity contribution in [2.24, 2.45) is 11.7 Å². The molecule has 102 valence electrons. The third-order valence-corrected chi connectivity index (χ3v) is 2.94. The average molecular weight is 266 g/mol. The van der Waals surface area contributed by atoms with E-state index >= 15 is 0 Å². The first kappa shape index (κ1) is 16.6. The van der Waals surface area contributed by atoms with E-state index in [-0.39, 0.29) is 24.2 Å². The van der Waals surface area contributed by atoms with Crippen molar-refractivity contribution >= 4 is 18.3 Å². The zero-order valence-corrected chi connectivity index (χ0v) is 11.3. The normalized spacial score (nSPS) is 20.7. The van der Waals surface area contributed by atoms with Crippen LogP contribution in [0.4, 0.5) is 0 Å². The van der Waals surface area contributed by atoms with Crippen LogP contribution in [0.2, 0.25) is 0 Å². The van der Waals surface area contributed by atoms with Gasteiger partial charge < -0.3 is 20.7 Å². The monoisotopic (exact) mass is 265 g/mol. The van der Waals surface area contributed by atoms with Crippen LogP contribution in [0.15, 0.2) is 0 Å². The summed E-state index contributed by atoms with van der Waals surface area (Å²) in [5, 5.41) is 2.72. The van der Waals surface area contributed by atoms with Crippen molar-refractivity contribution in [3.63, 3.8) is 0 Å². The molecule has 0 aliphatic carbocycles. The van der Waals surface area contributed by atoms with Gasteiger partial charge in [0.2, 0.25) is 5.91 Å². The van der Waals surface area contributed by atoms with Crippen LogP contribution in [0.3, 0.4) is 0 Å². The fourth-order valence-corrected chi connectivity index (χ4v) is 2.06. The van der Waals surface area contributed by atoms with Crippen LogP contribution in [0.25, 0.3) is 0 Å². The van der Waals surface area contributed by atoms with Crippen molar-refractivity contribution in [1.29, 1.82) is 0 Å². The van der Waals surface area contributed by atoms with Gasteiger partial charge in [-0.1, -0.05) is 0 Å². The molecule has 5 nitrogen and oxygen atoms in total. The van der Waals surface area contributed by atoms with Crippen molar-refractivity contribution in [3.05, 3.63) is 0 Å². The molecular weight excluding hydrogens is 242 g/mol. The molecule has 0 radical (unpaired) electrons. The third-order valence-electron chi connectivity index (χ3n) is 2.94. The van der Waals surface area contributed by atoms with Crippen molar-refractivity contribution in [2.45, 2.75) is 12.8 Å².